The first-order valence-electron chi connectivity index (χ1n) is 6.52. The normalized spacial score (nSPS) is 13.4. The van der Waals surface area contributed by atoms with Crippen LogP contribution in [0.15, 0.2) is 18.2 Å². The van der Waals surface area contributed by atoms with Crippen molar-refractivity contribution in [2.75, 3.05) is 5.32 Å². The van der Waals surface area contributed by atoms with Crippen LogP contribution in [0, 0.1) is 24.2 Å². The predicted molar refractivity (Wildman–Crippen MR) is 81.8 cm³/mol. The Balaban J connectivity index is 2.71. The molecule has 5 heteroatoms. The molecule has 0 saturated carbocycles. The van der Waals surface area contributed by atoms with Crippen LogP contribution in [0.3, 0.4) is 0 Å². The van der Waals surface area contributed by atoms with Crippen molar-refractivity contribution in [2.24, 2.45) is 5.92 Å². The smallest absolute Gasteiger partial charge is 0.320 e. The van der Waals surface area contributed by atoms with Gasteiger partial charge in [0.25, 0.3) is 0 Å². The van der Waals surface area contributed by atoms with Gasteiger partial charge in [-0.15, -0.1) is 0 Å². The van der Waals surface area contributed by atoms with E-state index >= 15 is 0 Å². The highest BCUT2D eigenvalue weighted by Gasteiger charge is 2.27. The van der Waals surface area contributed by atoms with Gasteiger partial charge in [0.2, 0.25) is 0 Å². The fourth-order valence-corrected chi connectivity index (χ4v) is 2.21. The zero-order chi connectivity index (χ0) is 15.3. The summed E-state index contributed by atoms with van der Waals surface area (Å²) in [6.45, 7) is 7.63. The number of carbonyl (C=O) groups excluding carboxylic acids is 1. The van der Waals surface area contributed by atoms with Crippen molar-refractivity contribution in [2.45, 2.75) is 39.7 Å². The number of nitrogens with zero attached hydrogens (tertiary/aromatic N) is 1. The van der Waals surface area contributed by atoms with Gasteiger partial charge >= 0.3 is 6.03 Å². The van der Waals surface area contributed by atoms with Crippen molar-refractivity contribution in [3.8, 4) is 6.07 Å². The molecule has 20 heavy (non-hydrogen) atoms. The Morgan fingerprint density at radius 2 is 2.15 bits per heavy atom. The summed E-state index contributed by atoms with van der Waals surface area (Å²) < 4.78 is 0. The minimum Gasteiger partial charge on any atom is -0.320 e. The zero-order valence-corrected chi connectivity index (χ0v) is 13.0. The number of benzene rings is 1. The van der Waals surface area contributed by atoms with Crippen molar-refractivity contribution < 1.29 is 4.79 Å². The SMILES string of the molecule is Cc1ccc(NC(=O)NC(C)(C#N)CC(C)C)cc1Cl. The van der Waals surface area contributed by atoms with Crippen LogP contribution in [0.25, 0.3) is 0 Å². The third-order valence-corrected chi connectivity index (χ3v) is 3.29. The van der Waals surface area contributed by atoms with Crippen molar-refractivity contribution in [1.29, 1.82) is 5.26 Å². The van der Waals surface area contributed by atoms with E-state index in [0.717, 1.165) is 5.56 Å². The topological polar surface area (TPSA) is 64.9 Å². The number of halogens is 1. The molecule has 108 valence electrons. The van der Waals surface area contributed by atoms with E-state index < -0.39 is 11.6 Å². The summed E-state index contributed by atoms with van der Waals surface area (Å²) >= 11 is 6.00. The van der Waals surface area contributed by atoms with Gasteiger partial charge in [0, 0.05) is 10.7 Å². The molecule has 0 aliphatic rings. The Hall–Kier alpha value is -1.73. The summed E-state index contributed by atoms with van der Waals surface area (Å²) in [5, 5.41) is 15.2. The number of nitrogens with one attached hydrogen (secondary N) is 2. The molecule has 0 aliphatic carbocycles. The molecule has 0 bridgehead atoms. The molecule has 1 unspecified atom stereocenters. The van der Waals surface area contributed by atoms with Crippen LogP contribution >= 0.6 is 11.6 Å². The average Bonchev–Trinajstić information content (AvgIpc) is 2.32. The van der Waals surface area contributed by atoms with Gasteiger partial charge in [-0.05, 0) is 43.9 Å². The molecule has 1 aromatic rings. The van der Waals surface area contributed by atoms with Gasteiger partial charge in [-0.3, -0.25) is 0 Å². The highest BCUT2D eigenvalue weighted by molar-refractivity contribution is 6.31. The molecule has 0 aromatic heterocycles. The minimum atomic E-state index is -0.882. The number of amides is 2. The molecular weight excluding hydrogens is 274 g/mol. The van der Waals surface area contributed by atoms with Gasteiger partial charge in [-0.2, -0.15) is 5.26 Å². The molecule has 0 saturated heterocycles. The molecule has 1 atom stereocenters. The number of rotatable bonds is 4. The van der Waals surface area contributed by atoms with Crippen LogP contribution < -0.4 is 10.6 Å². The number of hydrogen-bond donors (Lipinski definition) is 2. The number of aryl methyl sites for hydroxylation is 1. The van der Waals surface area contributed by atoms with Crippen molar-refractivity contribution in [1.82, 2.24) is 5.32 Å². The molecule has 0 spiro atoms. The summed E-state index contributed by atoms with van der Waals surface area (Å²) in [5.41, 5.74) is 0.662. The monoisotopic (exact) mass is 293 g/mol. The standard InChI is InChI=1S/C15H20ClN3O/c1-10(2)8-15(4,9-17)19-14(20)18-12-6-5-11(3)13(16)7-12/h5-7,10H,8H2,1-4H3,(H2,18,19,20). The molecule has 4 nitrogen and oxygen atoms in total. The summed E-state index contributed by atoms with van der Waals surface area (Å²) in [6.07, 6.45) is 0.589. The lowest BCUT2D eigenvalue weighted by molar-refractivity contribution is 0.241. The summed E-state index contributed by atoms with van der Waals surface area (Å²) in [5.74, 6) is 0.314. The quantitative estimate of drug-likeness (QED) is 0.878. The Labute approximate surface area is 125 Å². The molecule has 1 aromatic carbocycles. The first-order valence-corrected chi connectivity index (χ1v) is 6.90. The predicted octanol–water partition coefficient (Wildman–Crippen LogP) is 4.10. The number of anilines is 1. The highest BCUT2D eigenvalue weighted by atomic mass is 35.5. The molecule has 0 heterocycles. The fraction of sp³-hybridized carbons (Fsp3) is 0.467. The van der Waals surface area contributed by atoms with E-state index in [0.29, 0.717) is 23.0 Å². The summed E-state index contributed by atoms with van der Waals surface area (Å²) in [4.78, 5) is 11.9. The van der Waals surface area contributed by atoms with Gasteiger partial charge in [0.1, 0.15) is 5.54 Å². The Kier molecular flexibility index (Phi) is 5.41. The van der Waals surface area contributed by atoms with Gasteiger partial charge in [-0.25, -0.2) is 4.79 Å². The summed E-state index contributed by atoms with van der Waals surface area (Å²) in [7, 11) is 0. The second-order valence-electron chi connectivity index (χ2n) is 5.58. The average molecular weight is 294 g/mol. The lowest BCUT2D eigenvalue weighted by Crippen LogP contribution is -2.47. The van der Waals surface area contributed by atoms with E-state index in [1.807, 2.05) is 26.8 Å². The van der Waals surface area contributed by atoms with Gasteiger partial charge < -0.3 is 10.6 Å². The Bertz CT molecular complexity index is 536. The van der Waals surface area contributed by atoms with Gasteiger partial charge in [0.15, 0.2) is 0 Å². The van der Waals surface area contributed by atoms with Crippen LogP contribution in [-0.4, -0.2) is 11.6 Å². The van der Waals surface area contributed by atoms with E-state index in [1.54, 1.807) is 19.1 Å². The van der Waals surface area contributed by atoms with Crippen LogP contribution in [0.5, 0.6) is 0 Å². The summed E-state index contributed by atoms with van der Waals surface area (Å²) in [6, 6.07) is 7.02. The number of nitriles is 1. The number of urea groups is 1. The van der Waals surface area contributed by atoms with Crippen LogP contribution in [0.2, 0.25) is 5.02 Å². The van der Waals surface area contributed by atoms with E-state index in [4.69, 9.17) is 11.6 Å². The van der Waals surface area contributed by atoms with E-state index in [-0.39, 0.29) is 0 Å². The fourth-order valence-electron chi connectivity index (χ4n) is 2.02. The maximum Gasteiger partial charge on any atom is 0.320 e. The third kappa shape index (κ3) is 4.75. The Morgan fingerprint density at radius 3 is 2.65 bits per heavy atom. The molecule has 1 rings (SSSR count). The van der Waals surface area contributed by atoms with Crippen LogP contribution in [0.4, 0.5) is 10.5 Å². The lowest BCUT2D eigenvalue weighted by atomic mass is 9.92. The first kappa shape index (κ1) is 16.3. The molecular formula is C15H20ClN3O. The van der Waals surface area contributed by atoms with Crippen LogP contribution in [-0.2, 0) is 0 Å². The maximum absolute atomic E-state index is 11.9. The maximum atomic E-state index is 11.9. The van der Waals surface area contributed by atoms with Gasteiger partial charge in [0.05, 0.1) is 6.07 Å². The molecule has 2 N–H and O–H groups in total. The molecule has 0 aliphatic heterocycles. The molecule has 0 radical (unpaired) electrons. The highest BCUT2D eigenvalue weighted by Crippen LogP contribution is 2.20. The van der Waals surface area contributed by atoms with E-state index in [2.05, 4.69) is 16.7 Å². The van der Waals surface area contributed by atoms with Gasteiger partial charge in [-0.1, -0.05) is 31.5 Å². The lowest BCUT2D eigenvalue weighted by Gasteiger charge is -2.25. The number of hydrogen-bond acceptors (Lipinski definition) is 2. The second kappa shape index (κ2) is 6.62. The van der Waals surface area contributed by atoms with Crippen molar-refractivity contribution >= 4 is 23.3 Å². The van der Waals surface area contributed by atoms with Crippen molar-refractivity contribution in [3.05, 3.63) is 28.8 Å². The minimum absolute atomic E-state index is 0.314. The largest absolute Gasteiger partial charge is 0.320 e. The molecule has 0 fully saturated rings. The van der Waals surface area contributed by atoms with Crippen LogP contribution in [0.1, 0.15) is 32.8 Å². The Morgan fingerprint density at radius 1 is 1.50 bits per heavy atom. The molecule has 2 amide bonds. The van der Waals surface area contributed by atoms with Crippen molar-refractivity contribution in [3.63, 3.8) is 0 Å². The number of carbonyl (C=O) groups is 1. The third-order valence-electron chi connectivity index (χ3n) is 2.88. The zero-order valence-electron chi connectivity index (χ0n) is 12.2. The second-order valence-corrected chi connectivity index (χ2v) is 5.99. The first-order chi connectivity index (χ1) is 9.25. The van der Waals surface area contributed by atoms with E-state index in [1.165, 1.54) is 0 Å². The van der Waals surface area contributed by atoms with E-state index in [9.17, 15) is 10.1 Å².